The Balaban J connectivity index is 0.000000385. The van der Waals surface area contributed by atoms with Gasteiger partial charge in [0.1, 0.15) is 6.29 Å². The van der Waals surface area contributed by atoms with E-state index in [0.717, 1.165) is 38.2 Å². The molecular formula is C11H16ClNO3. The topological polar surface area (TPSA) is 57.6 Å². The lowest BCUT2D eigenvalue weighted by Gasteiger charge is -2.13. The van der Waals surface area contributed by atoms with E-state index in [4.69, 9.17) is 16.7 Å². The molecule has 5 heteroatoms. The molecule has 0 bridgehead atoms. The highest BCUT2D eigenvalue weighted by Gasteiger charge is 2.14. The number of aliphatic hydroxyl groups excluding tert-OH is 1. The van der Waals surface area contributed by atoms with E-state index in [1.165, 1.54) is 4.90 Å². The molecule has 0 unspecified atom stereocenters. The summed E-state index contributed by atoms with van der Waals surface area (Å²) in [5, 5.41) is 9.10. The van der Waals surface area contributed by atoms with Crippen molar-refractivity contribution in [2.45, 2.75) is 19.3 Å². The first-order valence-corrected chi connectivity index (χ1v) is 5.23. The number of aldehydes is 1. The number of allylic oxidation sites excluding steroid dienone is 3. The van der Waals surface area contributed by atoms with Crippen LogP contribution in [0.3, 0.4) is 0 Å². The Labute approximate surface area is 100 Å². The van der Waals surface area contributed by atoms with Crippen molar-refractivity contribution in [2.75, 3.05) is 14.1 Å². The minimum Gasteiger partial charge on any atom is -0.515 e. The van der Waals surface area contributed by atoms with Gasteiger partial charge in [0, 0.05) is 25.2 Å². The van der Waals surface area contributed by atoms with Crippen molar-refractivity contribution >= 4 is 24.3 Å². The van der Waals surface area contributed by atoms with E-state index >= 15 is 0 Å². The molecule has 4 nitrogen and oxygen atoms in total. The van der Waals surface area contributed by atoms with Gasteiger partial charge in [0.25, 0.3) is 0 Å². The molecule has 0 spiro atoms. The Kier molecular flexibility index (Phi) is 7.29. The Morgan fingerprint density at radius 2 is 1.88 bits per heavy atom. The number of halogens is 1. The van der Waals surface area contributed by atoms with Crippen molar-refractivity contribution in [1.82, 2.24) is 4.90 Å². The largest absolute Gasteiger partial charge is 0.515 e. The summed E-state index contributed by atoms with van der Waals surface area (Å²) >= 11 is 5.77. The lowest BCUT2D eigenvalue weighted by Crippen LogP contribution is -2.06. The Bertz CT molecular complexity index is 308. The van der Waals surface area contributed by atoms with Gasteiger partial charge < -0.3 is 10.0 Å². The Morgan fingerprint density at radius 3 is 2.25 bits per heavy atom. The van der Waals surface area contributed by atoms with E-state index in [2.05, 4.69) is 0 Å². The molecule has 0 fully saturated rings. The number of hydrogen-bond donors (Lipinski definition) is 1. The first-order chi connectivity index (χ1) is 7.56. The number of carbonyl (C=O) groups excluding carboxylic acids is 2. The van der Waals surface area contributed by atoms with Crippen molar-refractivity contribution in [3.63, 3.8) is 0 Å². The van der Waals surface area contributed by atoms with Crippen molar-refractivity contribution < 1.29 is 14.7 Å². The van der Waals surface area contributed by atoms with Gasteiger partial charge in [-0.3, -0.25) is 9.59 Å². The Morgan fingerprint density at radius 1 is 1.31 bits per heavy atom. The van der Waals surface area contributed by atoms with E-state index < -0.39 is 0 Å². The smallest absolute Gasteiger partial charge is 0.209 e. The predicted octanol–water partition coefficient (Wildman–Crippen LogP) is 2.01. The molecule has 1 N–H and O–H groups in total. The minimum atomic E-state index is 0.425. The second kappa shape index (κ2) is 7.93. The van der Waals surface area contributed by atoms with Gasteiger partial charge in [-0.15, -0.1) is 0 Å². The van der Waals surface area contributed by atoms with Crippen LogP contribution in [0.4, 0.5) is 0 Å². The van der Waals surface area contributed by atoms with E-state index in [-0.39, 0.29) is 0 Å². The fourth-order valence-electron chi connectivity index (χ4n) is 1.13. The predicted molar refractivity (Wildman–Crippen MR) is 63.3 cm³/mol. The van der Waals surface area contributed by atoms with E-state index in [9.17, 15) is 9.59 Å². The molecule has 90 valence electrons. The monoisotopic (exact) mass is 245 g/mol. The summed E-state index contributed by atoms with van der Waals surface area (Å²) in [5.74, 6) is 0. The molecule has 0 radical (unpaired) electrons. The van der Waals surface area contributed by atoms with Gasteiger partial charge in [-0.05, 0) is 19.3 Å². The second-order valence-corrected chi connectivity index (χ2v) is 3.91. The van der Waals surface area contributed by atoms with Crippen LogP contribution < -0.4 is 0 Å². The third-order valence-electron chi connectivity index (χ3n) is 1.96. The van der Waals surface area contributed by atoms with Crippen molar-refractivity contribution in [3.05, 3.63) is 22.4 Å². The van der Waals surface area contributed by atoms with Gasteiger partial charge in [0.15, 0.2) is 0 Å². The van der Waals surface area contributed by atoms with Crippen LogP contribution in [0.1, 0.15) is 19.3 Å². The highest BCUT2D eigenvalue weighted by Crippen LogP contribution is 2.30. The third-order valence-corrected chi connectivity index (χ3v) is 2.45. The fraction of sp³-hybridized carbons (Fsp3) is 0.455. The lowest BCUT2D eigenvalue weighted by molar-refractivity contribution is -0.115. The molecule has 1 aliphatic rings. The van der Waals surface area contributed by atoms with Crippen LogP contribution in [0.5, 0.6) is 0 Å². The lowest BCUT2D eigenvalue weighted by atomic mass is 9.96. The molecule has 0 saturated carbocycles. The number of hydrogen-bond acceptors (Lipinski definition) is 3. The van der Waals surface area contributed by atoms with Gasteiger partial charge in [-0.2, -0.15) is 0 Å². The van der Waals surface area contributed by atoms with Gasteiger partial charge in [-0.25, -0.2) is 0 Å². The van der Waals surface area contributed by atoms with Gasteiger partial charge >= 0.3 is 0 Å². The average molecular weight is 246 g/mol. The number of aliphatic hydroxyl groups is 1. The molecule has 1 rings (SSSR count). The zero-order valence-corrected chi connectivity index (χ0v) is 10.2. The van der Waals surface area contributed by atoms with Crippen molar-refractivity contribution in [1.29, 1.82) is 0 Å². The quantitative estimate of drug-likeness (QED) is 0.598. The Hall–Kier alpha value is -1.29. The van der Waals surface area contributed by atoms with Crippen LogP contribution in [0.2, 0.25) is 0 Å². The van der Waals surface area contributed by atoms with Crippen LogP contribution in [0.15, 0.2) is 22.4 Å². The van der Waals surface area contributed by atoms with Crippen LogP contribution >= 0.6 is 11.6 Å². The molecule has 0 aromatic heterocycles. The standard InChI is InChI=1S/C8H9ClO2.C3H7NO/c9-8-6(4-10)2-1-3-7(8)5-11;1-4(2)3-5/h4-5,10H,1-3H2;3H,1-2H3. The van der Waals surface area contributed by atoms with Crippen molar-refractivity contribution in [3.8, 4) is 0 Å². The van der Waals surface area contributed by atoms with E-state index in [1.54, 1.807) is 14.1 Å². The van der Waals surface area contributed by atoms with Crippen molar-refractivity contribution in [2.24, 2.45) is 0 Å². The first-order valence-electron chi connectivity index (χ1n) is 4.86. The summed E-state index contributed by atoms with van der Waals surface area (Å²) in [7, 11) is 3.38. The molecule has 16 heavy (non-hydrogen) atoms. The van der Waals surface area contributed by atoms with Gasteiger partial charge in [0.2, 0.25) is 6.41 Å². The number of nitrogens with zero attached hydrogens (tertiary/aromatic N) is 1. The van der Waals surface area contributed by atoms with Crippen LogP contribution in [-0.4, -0.2) is 36.8 Å². The molecular weight excluding hydrogens is 230 g/mol. The highest BCUT2D eigenvalue weighted by atomic mass is 35.5. The summed E-state index contributed by atoms with van der Waals surface area (Å²) in [6.07, 6.45) is 4.85. The number of rotatable bonds is 2. The number of carbonyl (C=O) groups is 2. The first kappa shape index (κ1) is 14.7. The molecule has 0 heterocycles. The second-order valence-electron chi connectivity index (χ2n) is 3.53. The third kappa shape index (κ3) is 4.98. The van der Waals surface area contributed by atoms with Crippen LogP contribution in [0.25, 0.3) is 0 Å². The zero-order chi connectivity index (χ0) is 12.6. The molecule has 0 aliphatic heterocycles. The summed E-state index contributed by atoms with van der Waals surface area (Å²) in [6, 6.07) is 0. The van der Waals surface area contributed by atoms with Crippen LogP contribution in [-0.2, 0) is 9.59 Å². The fourth-order valence-corrected chi connectivity index (χ4v) is 1.41. The van der Waals surface area contributed by atoms with E-state index in [1.807, 2.05) is 0 Å². The maximum Gasteiger partial charge on any atom is 0.209 e. The SMILES string of the molecule is CN(C)C=O.O=CC1=C(Cl)C(=CO)CCC1. The molecule has 1 aliphatic carbocycles. The maximum absolute atomic E-state index is 10.4. The molecule has 0 aromatic rings. The summed E-state index contributed by atoms with van der Waals surface area (Å²) in [5.41, 5.74) is 1.26. The number of amides is 1. The minimum absolute atomic E-state index is 0.425. The normalized spacial score (nSPS) is 17.6. The molecule has 0 saturated heterocycles. The van der Waals surface area contributed by atoms with E-state index in [0.29, 0.717) is 16.2 Å². The van der Waals surface area contributed by atoms with Gasteiger partial charge in [-0.1, -0.05) is 11.6 Å². The molecule has 0 aromatic carbocycles. The maximum atomic E-state index is 10.4. The summed E-state index contributed by atoms with van der Waals surface area (Å²) in [6.45, 7) is 0. The molecule has 1 amide bonds. The van der Waals surface area contributed by atoms with Crippen LogP contribution in [0, 0.1) is 0 Å². The average Bonchev–Trinajstić information content (AvgIpc) is 2.30. The van der Waals surface area contributed by atoms with Gasteiger partial charge in [0.05, 0.1) is 11.3 Å². The summed E-state index contributed by atoms with van der Waals surface area (Å²) in [4.78, 5) is 21.3. The molecule has 0 atom stereocenters. The zero-order valence-electron chi connectivity index (χ0n) is 9.44. The highest BCUT2D eigenvalue weighted by molar-refractivity contribution is 6.33. The summed E-state index contributed by atoms with van der Waals surface area (Å²) < 4.78 is 0.